The third-order valence-electron chi connectivity index (χ3n) is 3.54. The Morgan fingerprint density at radius 3 is 2.79 bits per heavy atom. The number of carboxylic acid groups (broad SMARTS) is 1. The molecule has 1 aliphatic carbocycles. The Morgan fingerprint density at radius 1 is 1.47 bits per heavy atom. The molecule has 1 aromatic heterocycles. The van der Waals surface area contributed by atoms with Crippen LogP contribution in [-0.4, -0.2) is 49.1 Å². The van der Waals surface area contributed by atoms with Gasteiger partial charge in [0, 0.05) is 11.9 Å². The summed E-state index contributed by atoms with van der Waals surface area (Å²) in [4.78, 5) is 11.0. The van der Waals surface area contributed by atoms with Gasteiger partial charge >= 0.3 is 5.97 Å². The fourth-order valence-corrected chi connectivity index (χ4v) is 5.22. The maximum atomic E-state index is 12.6. The van der Waals surface area contributed by atoms with Crippen molar-refractivity contribution >= 4 is 27.3 Å². The molecule has 1 N–H and O–H groups in total. The predicted octanol–water partition coefficient (Wildman–Crippen LogP) is 1.000. The average molecular weight is 303 g/mol. The molecule has 0 unspecified atom stereocenters. The Balaban J connectivity index is 1.95. The van der Waals surface area contributed by atoms with E-state index in [1.165, 1.54) is 15.8 Å². The van der Waals surface area contributed by atoms with Crippen LogP contribution < -0.4 is 0 Å². The van der Waals surface area contributed by atoms with E-state index in [0.717, 1.165) is 24.2 Å². The van der Waals surface area contributed by atoms with Crippen LogP contribution in [0, 0.1) is 0 Å². The van der Waals surface area contributed by atoms with Crippen LogP contribution in [-0.2, 0) is 14.8 Å². The Labute approximate surface area is 114 Å². The molecule has 0 aromatic carbocycles. The van der Waals surface area contributed by atoms with E-state index in [-0.39, 0.29) is 15.3 Å². The maximum Gasteiger partial charge on any atom is 0.345 e. The number of carboxylic acids is 1. The van der Waals surface area contributed by atoms with Crippen LogP contribution in [0.5, 0.6) is 0 Å². The fraction of sp³-hybridized carbons (Fsp3) is 0.545. The van der Waals surface area contributed by atoms with Gasteiger partial charge in [0.1, 0.15) is 4.88 Å². The molecule has 0 amide bonds. The van der Waals surface area contributed by atoms with Crippen LogP contribution >= 0.6 is 11.3 Å². The van der Waals surface area contributed by atoms with E-state index < -0.39 is 16.0 Å². The highest BCUT2D eigenvalue weighted by molar-refractivity contribution is 7.89. The van der Waals surface area contributed by atoms with Crippen molar-refractivity contribution in [3.8, 4) is 0 Å². The second-order valence-electron chi connectivity index (χ2n) is 4.81. The summed E-state index contributed by atoms with van der Waals surface area (Å²) in [5.41, 5.74) is -0.387. The molecule has 0 radical (unpaired) electrons. The van der Waals surface area contributed by atoms with Gasteiger partial charge < -0.3 is 9.84 Å². The topological polar surface area (TPSA) is 83.9 Å². The Bertz CT molecular complexity index is 617. The summed E-state index contributed by atoms with van der Waals surface area (Å²) in [5, 5.41) is 10.3. The highest BCUT2D eigenvalue weighted by Gasteiger charge is 2.55. The summed E-state index contributed by atoms with van der Waals surface area (Å²) >= 11 is 0.932. The quantitative estimate of drug-likeness (QED) is 0.900. The van der Waals surface area contributed by atoms with Crippen molar-refractivity contribution in [2.24, 2.45) is 0 Å². The smallest absolute Gasteiger partial charge is 0.345 e. The van der Waals surface area contributed by atoms with Crippen molar-refractivity contribution in [3.63, 3.8) is 0 Å². The number of rotatable bonds is 3. The average Bonchev–Trinajstić information content (AvgIpc) is 2.95. The van der Waals surface area contributed by atoms with Crippen molar-refractivity contribution in [1.29, 1.82) is 0 Å². The Hall–Kier alpha value is -0.960. The molecule has 1 saturated carbocycles. The third-order valence-corrected chi connectivity index (χ3v) is 6.59. The van der Waals surface area contributed by atoms with Gasteiger partial charge in [-0.3, -0.25) is 0 Å². The van der Waals surface area contributed by atoms with Gasteiger partial charge in [0.25, 0.3) is 0 Å². The number of nitrogens with zero attached hydrogens (tertiary/aromatic N) is 1. The second kappa shape index (κ2) is 4.27. The molecule has 104 valence electrons. The van der Waals surface area contributed by atoms with Gasteiger partial charge in [0.2, 0.25) is 10.0 Å². The first-order chi connectivity index (χ1) is 8.96. The number of hydrogen-bond acceptors (Lipinski definition) is 5. The van der Waals surface area contributed by atoms with E-state index in [0.29, 0.717) is 19.8 Å². The molecular weight excluding hydrogens is 290 g/mol. The summed E-state index contributed by atoms with van der Waals surface area (Å²) in [5.74, 6) is -1.10. The molecular formula is C11H13NO5S2. The molecule has 8 heteroatoms. The molecule has 0 atom stereocenters. The van der Waals surface area contributed by atoms with Crippen molar-refractivity contribution in [1.82, 2.24) is 4.31 Å². The van der Waals surface area contributed by atoms with Crippen molar-refractivity contribution in [2.45, 2.75) is 23.3 Å². The SMILES string of the molecule is O=C(O)c1cc(S(=O)(=O)N2CCOCC23CC3)cs1. The van der Waals surface area contributed by atoms with E-state index >= 15 is 0 Å². The summed E-state index contributed by atoms with van der Waals surface area (Å²) < 4.78 is 32.0. The zero-order valence-electron chi connectivity index (χ0n) is 10.0. The summed E-state index contributed by atoms with van der Waals surface area (Å²) in [6.45, 7) is 1.15. The normalized spacial score (nSPS) is 22.5. The van der Waals surface area contributed by atoms with Crippen LogP contribution in [0.4, 0.5) is 0 Å². The minimum Gasteiger partial charge on any atom is -0.477 e. The molecule has 3 rings (SSSR count). The lowest BCUT2D eigenvalue weighted by Gasteiger charge is -2.34. The van der Waals surface area contributed by atoms with Crippen LogP contribution in [0.2, 0.25) is 0 Å². The van der Waals surface area contributed by atoms with E-state index in [4.69, 9.17) is 9.84 Å². The van der Waals surface area contributed by atoms with Crippen molar-refractivity contribution in [2.75, 3.05) is 19.8 Å². The maximum absolute atomic E-state index is 12.6. The standard InChI is InChI=1S/C11H13NO5S2/c13-10(14)9-5-8(6-18-9)19(15,16)12-3-4-17-7-11(12)1-2-11/h5-6H,1-4,7H2,(H,13,14). The summed E-state index contributed by atoms with van der Waals surface area (Å²) in [6, 6.07) is 1.23. The van der Waals surface area contributed by atoms with Crippen LogP contribution in [0.1, 0.15) is 22.5 Å². The van der Waals surface area contributed by atoms with E-state index in [2.05, 4.69) is 0 Å². The molecule has 1 aromatic rings. The van der Waals surface area contributed by atoms with Gasteiger partial charge in [-0.2, -0.15) is 4.31 Å². The molecule has 2 heterocycles. The molecule has 6 nitrogen and oxygen atoms in total. The number of carbonyl (C=O) groups is 1. The minimum atomic E-state index is -3.62. The molecule has 2 aliphatic rings. The lowest BCUT2D eigenvalue weighted by atomic mass is 10.2. The van der Waals surface area contributed by atoms with Crippen molar-refractivity contribution in [3.05, 3.63) is 16.3 Å². The van der Waals surface area contributed by atoms with E-state index in [1.54, 1.807) is 0 Å². The highest BCUT2D eigenvalue weighted by Crippen LogP contribution is 2.46. The van der Waals surface area contributed by atoms with Gasteiger partial charge in [0.05, 0.1) is 23.6 Å². The monoisotopic (exact) mass is 303 g/mol. The lowest BCUT2D eigenvalue weighted by molar-refractivity contribution is 0.0214. The number of thiophene rings is 1. The lowest BCUT2D eigenvalue weighted by Crippen LogP contribution is -2.50. The fourth-order valence-electron chi connectivity index (χ4n) is 2.33. The van der Waals surface area contributed by atoms with Crippen LogP contribution in [0.15, 0.2) is 16.3 Å². The first kappa shape index (κ1) is 13.0. The van der Waals surface area contributed by atoms with Crippen molar-refractivity contribution < 1.29 is 23.1 Å². The Morgan fingerprint density at radius 2 is 2.21 bits per heavy atom. The first-order valence-corrected chi connectivity index (χ1v) is 8.20. The highest BCUT2D eigenvalue weighted by atomic mass is 32.2. The molecule has 2 fully saturated rings. The molecule has 1 saturated heterocycles. The Kier molecular flexibility index (Phi) is 2.93. The van der Waals surface area contributed by atoms with Crippen LogP contribution in [0.3, 0.4) is 0 Å². The van der Waals surface area contributed by atoms with Gasteiger partial charge in [0.15, 0.2) is 0 Å². The van der Waals surface area contributed by atoms with Gasteiger partial charge in [-0.25, -0.2) is 13.2 Å². The van der Waals surface area contributed by atoms with Gasteiger partial charge in [-0.1, -0.05) is 0 Å². The molecule has 0 bridgehead atoms. The van der Waals surface area contributed by atoms with Gasteiger partial charge in [-0.05, 0) is 18.9 Å². The minimum absolute atomic E-state index is 0.0386. The number of sulfonamides is 1. The summed E-state index contributed by atoms with van der Waals surface area (Å²) in [7, 11) is -3.62. The number of morpholine rings is 1. The van der Waals surface area contributed by atoms with E-state index in [1.807, 2.05) is 0 Å². The molecule has 19 heavy (non-hydrogen) atoms. The predicted molar refractivity (Wildman–Crippen MR) is 68.0 cm³/mol. The number of aromatic carboxylic acids is 1. The summed E-state index contributed by atoms with van der Waals surface area (Å²) in [6.07, 6.45) is 1.62. The zero-order valence-corrected chi connectivity index (χ0v) is 11.7. The largest absolute Gasteiger partial charge is 0.477 e. The second-order valence-corrected chi connectivity index (χ2v) is 7.58. The van der Waals surface area contributed by atoms with Gasteiger partial charge in [-0.15, -0.1) is 11.3 Å². The zero-order chi connectivity index (χ0) is 13.7. The number of hydrogen-bond donors (Lipinski definition) is 1. The third kappa shape index (κ3) is 2.08. The molecule has 1 aliphatic heterocycles. The first-order valence-electron chi connectivity index (χ1n) is 5.88. The van der Waals surface area contributed by atoms with E-state index in [9.17, 15) is 13.2 Å². The molecule has 1 spiro atoms. The van der Waals surface area contributed by atoms with Crippen LogP contribution in [0.25, 0.3) is 0 Å². The number of ether oxygens (including phenoxy) is 1.